The first-order chi connectivity index (χ1) is 9.20. The minimum atomic E-state index is -0.0871. The van der Waals surface area contributed by atoms with E-state index in [0.29, 0.717) is 17.4 Å². The van der Waals surface area contributed by atoms with E-state index in [4.69, 9.17) is 12.2 Å². The van der Waals surface area contributed by atoms with E-state index >= 15 is 0 Å². The summed E-state index contributed by atoms with van der Waals surface area (Å²) in [7, 11) is 0. The van der Waals surface area contributed by atoms with Crippen LogP contribution in [0.15, 0.2) is 30.4 Å². The number of H-pyrrole nitrogens is 1. The number of hydrogen-bond donors (Lipinski definition) is 2. The normalized spacial score (nSPS) is 17.5. The molecule has 3 heterocycles. The molecule has 1 aliphatic heterocycles. The fourth-order valence-electron chi connectivity index (χ4n) is 2.13. The third-order valence-electron chi connectivity index (χ3n) is 3.09. The molecule has 0 atom stereocenters. The molecule has 96 valence electrons. The van der Waals surface area contributed by atoms with E-state index in [9.17, 15) is 4.79 Å². The zero-order valence-corrected chi connectivity index (χ0v) is 11.1. The Morgan fingerprint density at radius 2 is 2.37 bits per heavy atom. The number of hydrogen-bond acceptors (Lipinski definition) is 3. The number of pyridine rings is 1. The van der Waals surface area contributed by atoms with Gasteiger partial charge in [-0.25, -0.2) is 0 Å². The van der Waals surface area contributed by atoms with Crippen LogP contribution in [0.4, 0.5) is 0 Å². The summed E-state index contributed by atoms with van der Waals surface area (Å²) in [5.74, 6) is -0.0871. The van der Waals surface area contributed by atoms with Gasteiger partial charge in [0, 0.05) is 29.9 Å². The number of fused-ring (bicyclic) bond motifs is 1. The molecule has 0 aromatic carbocycles. The lowest BCUT2D eigenvalue weighted by atomic mass is 10.2. The Balaban J connectivity index is 2.03. The minimum absolute atomic E-state index is 0.0871. The molecule has 0 spiro atoms. The lowest BCUT2D eigenvalue weighted by Gasteiger charge is -2.08. The predicted molar refractivity (Wildman–Crippen MR) is 77.2 cm³/mol. The van der Waals surface area contributed by atoms with Crippen molar-refractivity contribution in [3.8, 4) is 0 Å². The first-order valence-corrected chi connectivity index (χ1v) is 6.37. The fraction of sp³-hybridized carbons (Fsp3) is 0.154. The second-order valence-electron chi connectivity index (χ2n) is 4.20. The average molecular weight is 272 g/mol. The third-order valence-corrected chi connectivity index (χ3v) is 3.42. The van der Waals surface area contributed by atoms with Crippen LogP contribution in [0.3, 0.4) is 0 Å². The number of nitrogens with zero attached hydrogens (tertiary/aromatic N) is 2. The number of carbonyl (C=O) groups excluding carboxylic acids is 1. The molecule has 1 aliphatic rings. The van der Waals surface area contributed by atoms with Crippen molar-refractivity contribution in [2.24, 2.45) is 0 Å². The van der Waals surface area contributed by atoms with Gasteiger partial charge in [0.2, 0.25) is 0 Å². The molecule has 1 fully saturated rings. The van der Waals surface area contributed by atoms with Crippen LogP contribution in [0.25, 0.3) is 17.0 Å². The Morgan fingerprint density at radius 1 is 1.53 bits per heavy atom. The molecule has 19 heavy (non-hydrogen) atoms. The van der Waals surface area contributed by atoms with Gasteiger partial charge in [-0.1, -0.05) is 0 Å². The summed E-state index contributed by atoms with van der Waals surface area (Å²) in [4.78, 5) is 20.8. The van der Waals surface area contributed by atoms with E-state index in [1.54, 1.807) is 12.4 Å². The molecule has 2 N–H and O–H groups in total. The van der Waals surface area contributed by atoms with Crippen molar-refractivity contribution < 1.29 is 4.79 Å². The van der Waals surface area contributed by atoms with E-state index in [2.05, 4.69) is 15.3 Å². The van der Waals surface area contributed by atoms with Crippen LogP contribution in [-0.2, 0) is 4.79 Å². The van der Waals surface area contributed by atoms with Crippen molar-refractivity contribution in [1.82, 2.24) is 20.2 Å². The zero-order valence-electron chi connectivity index (χ0n) is 10.3. The van der Waals surface area contributed by atoms with E-state index in [1.165, 1.54) is 4.90 Å². The maximum Gasteiger partial charge on any atom is 0.276 e. The zero-order chi connectivity index (χ0) is 13.4. The van der Waals surface area contributed by atoms with E-state index in [0.717, 1.165) is 16.5 Å². The molecule has 0 unspecified atom stereocenters. The monoisotopic (exact) mass is 272 g/mol. The van der Waals surface area contributed by atoms with Crippen molar-refractivity contribution in [3.63, 3.8) is 0 Å². The summed E-state index contributed by atoms with van der Waals surface area (Å²) >= 11 is 5.12. The molecule has 0 saturated carbocycles. The van der Waals surface area contributed by atoms with Crippen LogP contribution in [0, 0.1) is 0 Å². The van der Waals surface area contributed by atoms with Crippen LogP contribution in [0.1, 0.15) is 12.5 Å². The van der Waals surface area contributed by atoms with E-state index in [1.807, 2.05) is 25.3 Å². The number of amides is 1. The van der Waals surface area contributed by atoms with Crippen LogP contribution < -0.4 is 5.32 Å². The highest BCUT2D eigenvalue weighted by Gasteiger charge is 2.29. The van der Waals surface area contributed by atoms with Gasteiger partial charge in [0.15, 0.2) is 5.11 Å². The number of thiocarbonyl (C=S) groups is 1. The second kappa shape index (κ2) is 4.47. The molecule has 5 nitrogen and oxygen atoms in total. The molecule has 0 bridgehead atoms. The minimum Gasteiger partial charge on any atom is -0.359 e. The molecule has 0 radical (unpaired) electrons. The van der Waals surface area contributed by atoms with Gasteiger partial charge >= 0.3 is 0 Å². The second-order valence-corrected chi connectivity index (χ2v) is 4.59. The van der Waals surface area contributed by atoms with Gasteiger partial charge in [0.05, 0.1) is 11.7 Å². The third kappa shape index (κ3) is 1.90. The summed E-state index contributed by atoms with van der Waals surface area (Å²) in [5, 5.41) is 4.43. The van der Waals surface area contributed by atoms with Crippen LogP contribution in [0.5, 0.6) is 0 Å². The lowest BCUT2D eigenvalue weighted by molar-refractivity contribution is -0.122. The number of aromatic amines is 1. The Hall–Kier alpha value is -2.21. The number of rotatable bonds is 2. The number of carbonyl (C=O) groups is 1. The fourth-order valence-corrected chi connectivity index (χ4v) is 2.45. The summed E-state index contributed by atoms with van der Waals surface area (Å²) in [6.45, 7) is 2.46. The number of nitrogens with one attached hydrogen (secondary N) is 2. The van der Waals surface area contributed by atoms with Gasteiger partial charge in [-0.15, -0.1) is 0 Å². The molecular weight excluding hydrogens is 260 g/mol. The summed E-state index contributed by atoms with van der Waals surface area (Å²) in [5.41, 5.74) is 2.38. The maximum absolute atomic E-state index is 12.1. The van der Waals surface area contributed by atoms with Crippen molar-refractivity contribution in [3.05, 3.63) is 35.9 Å². The molecule has 2 aromatic heterocycles. The first-order valence-electron chi connectivity index (χ1n) is 5.96. The maximum atomic E-state index is 12.1. The number of likely N-dealkylation sites (N-methyl/N-ethyl adjacent to an activating group) is 1. The largest absolute Gasteiger partial charge is 0.359 e. The van der Waals surface area contributed by atoms with Gasteiger partial charge in [0.25, 0.3) is 5.91 Å². The van der Waals surface area contributed by atoms with Crippen LogP contribution in [-0.4, -0.2) is 32.4 Å². The van der Waals surface area contributed by atoms with Crippen molar-refractivity contribution in [2.75, 3.05) is 6.54 Å². The SMILES string of the molecule is CCN1C(=O)/C(=C/c2c[nH]c3cnccc23)NC1=S. The smallest absolute Gasteiger partial charge is 0.276 e. The van der Waals surface area contributed by atoms with Crippen molar-refractivity contribution in [1.29, 1.82) is 0 Å². The van der Waals surface area contributed by atoms with Crippen molar-refractivity contribution >= 4 is 40.2 Å². The van der Waals surface area contributed by atoms with Gasteiger partial charge in [0.1, 0.15) is 5.70 Å². The van der Waals surface area contributed by atoms with Crippen LogP contribution in [0.2, 0.25) is 0 Å². The Bertz CT molecular complexity index is 703. The summed E-state index contributed by atoms with van der Waals surface area (Å²) in [6, 6.07) is 1.91. The molecule has 2 aromatic rings. The van der Waals surface area contributed by atoms with Gasteiger partial charge < -0.3 is 10.3 Å². The van der Waals surface area contributed by atoms with Crippen molar-refractivity contribution in [2.45, 2.75) is 6.92 Å². The topological polar surface area (TPSA) is 61.0 Å². The highest BCUT2D eigenvalue weighted by molar-refractivity contribution is 7.80. The molecular formula is C13H12N4OS. The summed E-state index contributed by atoms with van der Waals surface area (Å²) < 4.78 is 0. The lowest BCUT2D eigenvalue weighted by Crippen LogP contribution is -2.30. The number of aromatic nitrogens is 2. The molecule has 6 heteroatoms. The Kier molecular flexibility index (Phi) is 2.79. The van der Waals surface area contributed by atoms with Gasteiger partial charge in [-0.3, -0.25) is 14.7 Å². The Morgan fingerprint density at radius 3 is 3.11 bits per heavy atom. The summed E-state index contributed by atoms with van der Waals surface area (Å²) in [6.07, 6.45) is 7.14. The molecule has 1 saturated heterocycles. The molecule has 3 rings (SSSR count). The predicted octanol–water partition coefficient (Wildman–Crippen LogP) is 1.64. The molecule has 0 aliphatic carbocycles. The quantitative estimate of drug-likeness (QED) is 0.644. The molecule has 1 amide bonds. The highest BCUT2D eigenvalue weighted by atomic mass is 32.1. The van der Waals surface area contributed by atoms with Gasteiger partial charge in [-0.2, -0.15) is 0 Å². The van der Waals surface area contributed by atoms with E-state index < -0.39 is 0 Å². The van der Waals surface area contributed by atoms with Crippen LogP contribution >= 0.6 is 12.2 Å². The average Bonchev–Trinajstić information content (AvgIpc) is 2.93. The highest BCUT2D eigenvalue weighted by Crippen LogP contribution is 2.21. The Labute approximate surface area is 115 Å². The standard InChI is InChI=1S/C13H12N4OS/c1-2-17-12(18)10(16-13(17)19)5-8-6-15-11-7-14-4-3-9(8)11/h3-7,15H,2H2,1H3,(H,16,19)/b10-5-. The first kappa shape index (κ1) is 11.9. The van der Waals surface area contributed by atoms with E-state index in [-0.39, 0.29) is 5.91 Å². The van der Waals surface area contributed by atoms with Gasteiger partial charge in [-0.05, 0) is 31.3 Å².